The topological polar surface area (TPSA) is 74.4 Å². The van der Waals surface area contributed by atoms with E-state index in [0.29, 0.717) is 18.4 Å². The van der Waals surface area contributed by atoms with Gasteiger partial charge in [0, 0.05) is 19.0 Å². The van der Waals surface area contributed by atoms with E-state index >= 15 is 0 Å². The SMILES string of the molecule is OC1CCN(c2ccccc2NCc2nnc(C3CCC3)o2)CC1. The van der Waals surface area contributed by atoms with Gasteiger partial charge in [0.15, 0.2) is 0 Å². The number of nitrogens with zero attached hydrogens (tertiary/aromatic N) is 3. The fraction of sp³-hybridized carbons (Fsp3) is 0.556. The monoisotopic (exact) mass is 328 g/mol. The third kappa shape index (κ3) is 3.24. The minimum atomic E-state index is -0.162. The molecule has 1 saturated heterocycles. The molecule has 1 aromatic heterocycles. The predicted molar refractivity (Wildman–Crippen MR) is 92.1 cm³/mol. The fourth-order valence-electron chi connectivity index (χ4n) is 3.33. The molecule has 0 atom stereocenters. The Morgan fingerprint density at radius 2 is 1.92 bits per heavy atom. The minimum Gasteiger partial charge on any atom is -0.423 e. The zero-order chi connectivity index (χ0) is 16.4. The summed E-state index contributed by atoms with van der Waals surface area (Å²) in [6.45, 7) is 2.30. The maximum atomic E-state index is 9.70. The molecular formula is C18H24N4O2. The van der Waals surface area contributed by atoms with Gasteiger partial charge in [-0.25, -0.2) is 0 Å². The van der Waals surface area contributed by atoms with Gasteiger partial charge in [0.1, 0.15) is 0 Å². The molecule has 2 fully saturated rings. The molecule has 1 aliphatic heterocycles. The fourth-order valence-corrected chi connectivity index (χ4v) is 3.33. The smallest absolute Gasteiger partial charge is 0.235 e. The van der Waals surface area contributed by atoms with Gasteiger partial charge in [-0.05, 0) is 37.8 Å². The van der Waals surface area contributed by atoms with Crippen molar-refractivity contribution in [3.8, 4) is 0 Å². The highest BCUT2D eigenvalue weighted by Gasteiger charge is 2.25. The average Bonchev–Trinajstić information content (AvgIpc) is 3.01. The molecule has 0 radical (unpaired) electrons. The Balaban J connectivity index is 1.42. The number of piperidine rings is 1. The van der Waals surface area contributed by atoms with Crippen molar-refractivity contribution in [3.63, 3.8) is 0 Å². The second-order valence-electron chi connectivity index (χ2n) is 6.75. The standard InChI is InChI=1S/C18H24N4O2/c23-14-8-10-22(11-9-14)16-7-2-1-6-15(16)19-12-17-20-21-18(24-17)13-4-3-5-13/h1-2,6-7,13-14,19,23H,3-5,8-12H2. The van der Waals surface area contributed by atoms with E-state index in [-0.39, 0.29) is 6.10 Å². The van der Waals surface area contributed by atoms with Gasteiger partial charge in [0.2, 0.25) is 11.8 Å². The van der Waals surface area contributed by atoms with Crippen LogP contribution in [0.15, 0.2) is 28.7 Å². The summed E-state index contributed by atoms with van der Waals surface area (Å²) in [5.41, 5.74) is 2.24. The van der Waals surface area contributed by atoms with Crippen molar-refractivity contribution in [2.24, 2.45) is 0 Å². The molecule has 1 saturated carbocycles. The van der Waals surface area contributed by atoms with Gasteiger partial charge in [-0.2, -0.15) is 0 Å². The van der Waals surface area contributed by atoms with Crippen molar-refractivity contribution in [3.05, 3.63) is 36.0 Å². The van der Waals surface area contributed by atoms with E-state index in [4.69, 9.17) is 4.42 Å². The molecule has 2 aromatic rings. The van der Waals surface area contributed by atoms with Gasteiger partial charge >= 0.3 is 0 Å². The van der Waals surface area contributed by atoms with Crippen LogP contribution in [0, 0.1) is 0 Å². The highest BCUT2D eigenvalue weighted by Crippen LogP contribution is 2.35. The summed E-state index contributed by atoms with van der Waals surface area (Å²) in [5.74, 6) is 1.90. The average molecular weight is 328 g/mol. The van der Waals surface area contributed by atoms with Crippen LogP contribution in [0.2, 0.25) is 0 Å². The van der Waals surface area contributed by atoms with Crippen LogP contribution in [0.4, 0.5) is 11.4 Å². The third-order valence-electron chi connectivity index (χ3n) is 5.08. The largest absolute Gasteiger partial charge is 0.423 e. The number of hydrogen-bond donors (Lipinski definition) is 2. The van der Waals surface area contributed by atoms with Crippen LogP contribution >= 0.6 is 0 Å². The summed E-state index contributed by atoms with van der Waals surface area (Å²) in [6, 6.07) is 8.27. The van der Waals surface area contributed by atoms with Crippen molar-refractivity contribution in [2.75, 3.05) is 23.3 Å². The molecule has 0 spiro atoms. The van der Waals surface area contributed by atoms with Crippen LogP contribution in [0.5, 0.6) is 0 Å². The van der Waals surface area contributed by atoms with Crippen LogP contribution in [0.1, 0.15) is 49.8 Å². The van der Waals surface area contributed by atoms with E-state index in [1.54, 1.807) is 0 Å². The predicted octanol–water partition coefficient (Wildman–Crippen LogP) is 2.91. The number of aliphatic hydroxyl groups excluding tert-OH is 1. The van der Waals surface area contributed by atoms with E-state index in [2.05, 4.69) is 32.5 Å². The molecule has 24 heavy (non-hydrogen) atoms. The first kappa shape index (κ1) is 15.4. The second-order valence-corrected chi connectivity index (χ2v) is 6.75. The number of aromatic nitrogens is 2. The molecule has 4 rings (SSSR count). The first-order chi connectivity index (χ1) is 11.8. The van der Waals surface area contributed by atoms with E-state index in [1.165, 1.54) is 24.9 Å². The Labute approximate surface area is 141 Å². The molecule has 2 N–H and O–H groups in total. The van der Waals surface area contributed by atoms with Crippen molar-refractivity contribution in [1.82, 2.24) is 10.2 Å². The van der Waals surface area contributed by atoms with Crippen molar-refractivity contribution in [1.29, 1.82) is 0 Å². The lowest BCUT2D eigenvalue weighted by Gasteiger charge is -2.32. The van der Waals surface area contributed by atoms with Gasteiger partial charge in [0.25, 0.3) is 0 Å². The molecule has 0 unspecified atom stereocenters. The summed E-state index contributed by atoms with van der Waals surface area (Å²) in [5, 5.41) is 21.5. The number of hydrogen-bond acceptors (Lipinski definition) is 6. The van der Waals surface area contributed by atoms with Crippen molar-refractivity contribution in [2.45, 2.75) is 50.7 Å². The summed E-state index contributed by atoms with van der Waals surface area (Å²) in [4.78, 5) is 2.32. The summed E-state index contributed by atoms with van der Waals surface area (Å²) in [6.07, 6.45) is 5.08. The number of nitrogens with one attached hydrogen (secondary N) is 1. The van der Waals surface area contributed by atoms with Gasteiger partial charge < -0.3 is 19.7 Å². The zero-order valence-corrected chi connectivity index (χ0v) is 13.8. The highest BCUT2D eigenvalue weighted by molar-refractivity contribution is 5.70. The number of rotatable bonds is 5. The minimum absolute atomic E-state index is 0.162. The third-order valence-corrected chi connectivity index (χ3v) is 5.08. The van der Waals surface area contributed by atoms with E-state index in [9.17, 15) is 5.11 Å². The molecular weight excluding hydrogens is 304 g/mol. The number of para-hydroxylation sites is 2. The number of aliphatic hydroxyl groups is 1. The van der Waals surface area contributed by atoms with Gasteiger partial charge in [-0.1, -0.05) is 18.6 Å². The second kappa shape index (κ2) is 6.81. The Kier molecular flexibility index (Phi) is 4.38. The maximum Gasteiger partial charge on any atom is 0.235 e. The lowest BCUT2D eigenvalue weighted by molar-refractivity contribution is 0.145. The van der Waals surface area contributed by atoms with E-state index in [1.807, 2.05) is 12.1 Å². The molecule has 2 heterocycles. The van der Waals surface area contributed by atoms with Crippen LogP contribution in [0.3, 0.4) is 0 Å². The molecule has 6 heteroatoms. The molecule has 128 valence electrons. The Hall–Kier alpha value is -2.08. The summed E-state index contributed by atoms with van der Waals surface area (Å²) >= 11 is 0. The highest BCUT2D eigenvalue weighted by atomic mass is 16.4. The molecule has 1 aromatic carbocycles. The van der Waals surface area contributed by atoms with Gasteiger partial charge in [0.05, 0.1) is 24.0 Å². The van der Waals surface area contributed by atoms with Crippen molar-refractivity contribution < 1.29 is 9.52 Å². The molecule has 6 nitrogen and oxygen atoms in total. The maximum absolute atomic E-state index is 9.70. The lowest BCUT2D eigenvalue weighted by atomic mass is 9.85. The quantitative estimate of drug-likeness (QED) is 0.879. The van der Waals surface area contributed by atoms with E-state index in [0.717, 1.165) is 37.5 Å². The van der Waals surface area contributed by atoms with Gasteiger partial charge in [-0.15, -0.1) is 10.2 Å². The molecule has 1 aliphatic carbocycles. The van der Waals surface area contributed by atoms with Gasteiger partial charge in [-0.3, -0.25) is 0 Å². The van der Waals surface area contributed by atoms with E-state index < -0.39 is 0 Å². The first-order valence-electron chi connectivity index (χ1n) is 8.88. The molecule has 0 bridgehead atoms. The van der Waals surface area contributed by atoms with Crippen LogP contribution < -0.4 is 10.2 Å². The van der Waals surface area contributed by atoms with Crippen molar-refractivity contribution >= 4 is 11.4 Å². The number of anilines is 2. The lowest BCUT2D eigenvalue weighted by Crippen LogP contribution is -2.36. The molecule has 0 amide bonds. The number of benzene rings is 1. The first-order valence-corrected chi connectivity index (χ1v) is 8.88. The molecule has 2 aliphatic rings. The van der Waals surface area contributed by atoms with Crippen LogP contribution in [0.25, 0.3) is 0 Å². The van der Waals surface area contributed by atoms with Crippen LogP contribution in [-0.2, 0) is 6.54 Å². The Morgan fingerprint density at radius 1 is 1.12 bits per heavy atom. The Morgan fingerprint density at radius 3 is 2.67 bits per heavy atom. The summed E-state index contributed by atoms with van der Waals surface area (Å²) in [7, 11) is 0. The Bertz CT molecular complexity index is 675. The normalized spacial score (nSPS) is 19.3. The summed E-state index contributed by atoms with van der Waals surface area (Å²) < 4.78 is 5.78. The zero-order valence-electron chi connectivity index (χ0n) is 13.8. The van der Waals surface area contributed by atoms with Crippen LogP contribution in [-0.4, -0.2) is 34.5 Å².